The lowest BCUT2D eigenvalue weighted by Gasteiger charge is -2.30. The quantitative estimate of drug-likeness (QED) is 0.425. The van der Waals surface area contributed by atoms with Crippen LogP contribution < -0.4 is 15.8 Å². The summed E-state index contributed by atoms with van der Waals surface area (Å²) in [4.78, 5) is 23.4. The summed E-state index contributed by atoms with van der Waals surface area (Å²) in [5.41, 5.74) is 8.95. The highest BCUT2D eigenvalue weighted by Gasteiger charge is 2.26. The molecule has 5 nitrogen and oxygen atoms in total. The molecule has 2 rings (SSSR count). The predicted octanol–water partition coefficient (Wildman–Crippen LogP) is 5.96. The van der Waals surface area contributed by atoms with Crippen LogP contribution in [0.15, 0.2) is 42.5 Å². The summed E-state index contributed by atoms with van der Waals surface area (Å²) in [6.07, 6.45) is 3.04. The van der Waals surface area contributed by atoms with Crippen LogP contribution in [0.1, 0.15) is 88.7 Å². The Hall–Kier alpha value is -2.82. The predicted molar refractivity (Wildman–Crippen MR) is 131 cm³/mol. The van der Waals surface area contributed by atoms with Crippen LogP contribution in [0.2, 0.25) is 0 Å². The van der Waals surface area contributed by atoms with Crippen LogP contribution in [-0.2, 0) is 15.6 Å². The fraction of sp³-hybridized carbons (Fsp3) is 0.481. The Balaban J connectivity index is 1.98. The third-order valence-corrected chi connectivity index (χ3v) is 6.52. The molecule has 0 spiro atoms. The van der Waals surface area contributed by atoms with Crippen LogP contribution in [0.5, 0.6) is 5.75 Å². The van der Waals surface area contributed by atoms with Gasteiger partial charge in [-0.3, -0.25) is 9.59 Å². The van der Waals surface area contributed by atoms with E-state index in [4.69, 9.17) is 10.5 Å². The molecule has 32 heavy (non-hydrogen) atoms. The fourth-order valence-electron chi connectivity index (χ4n) is 3.36. The van der Waals surface area contributed by atoms with E-state index >= 15 is 0 Å². The molecular formula is C27H38N2O3. The van der Waals surface area contributed by atoms with E-state index in [0.717, 1.165) is 18.6 Å². The molecule has 3 N–H and O–H groups in total. The summed E-state index contributed by atoms with van der Waals surface area (Å²) in [6, 6.07) is 13.1. The van der Waals surface area contributed by atoms with Crippen molar-refractivity contribution in [2.24, 2.45) is 5.73 Å². The van der Waals surface area contributed by atoms with Gasteiger partial charge in [0.1, 0.15) is 5.75 Å². The van der Waals surface area contributed by atoms with Crippen LogP contribution in [0.25, 0.3) is 0 Å². The van der Waals surface area contributed by atoms with E-state index in [9.17, 15) is 9.59 Å². The Labute approximate surface area is 192 Å². The fourth-order valence-corrected chi connectivity index (χ4v) is 3.36. The number of carbonyl (C=O) groups is 2. The van der Waals surface area contributed by atoms with Crippen LogP contribution in [0, 0.1) is 0 Å². The molecule has 2 amide bonds. The van der Waals surface area contributed by atoms with Gasteiger partial charge in [0.15, 0.2) is 0 Å². The average molecular weight is 439 g/mol. The van der Waals surface area contributed by atoms with Gasteiger partial charge in [-0.1, -0.05) is 53.7 Å². The second-order valence-electron chi connectivity index (χ2n) is 9.63. The monoisotopic (exact) mass is 438 g/mol. The first-order valence-corrected chi connectivity index (χ1v) is 11.5. The van der Waals surface area contributed by atoms with Crippen molar-refractivity contribution in [3.05, 3.63) is 59.2 Å². The number of hydrogen-bond acceptors (Lipinski definition) is 3. The van der Waals surface area contributed by atoms with Crippen LogP contribution in [-0.4, -0.2) is 18.4 Å². The highest BCUT2D eigenvalue weighted by Crippen LogP contribution is 2.38. The molecule has 0 fully saturated rings. The molecule has 0 aliphatic rings. The number of hydrogen-bond donors (Lipinski definition) is 2. The smallest absolute Gasteiger partial charge is 0.248 e. The molecular weight excluding hydrogens is 400 g/mol. The molecule has 0 bridgehead atoms. The zero-order valence-electron chi connectivity index (χ0n) is 20.4. The van der Waals surface area contributed by atoms with Gasteiger partial charge in [-0.2, -0.15) is 0 Å². The van der Waals surface area contributed by atoms with E-state index < -0.39 is 5.91 Å². The van der Waals surface area contributed by atoms with Gasteiger partial charge in [-0.15, -0.1) is 0 Å². The van der Waals surface area contributed by atoms with Gasteiger partial charge in [0.25, 0.3) is 0 Å². The molecule has 0 aliphatic heterocycles. The van der Waals surface area contributed by atoms with Crippen LogP contribution in [0.4, 0.5) is 5.69 Å². The Morgan fingerprint density at radius 2 is 1.56 bits per heavy atom. The van der Waals surface area contributed by atoms with Crippen molar-refractivity contribution in [1.82, 2.24) is 0 Å². The number of carbonyl (C=O) groups excluding carboxylic acids is 2. The Morgan fingerprint density at radius 3 is 2.12 bits per heavy atom. The topological polar surface area (TPSA) is 81.4 Å². The van der Waals surface area contributed by atoms with Gasteiger partial charge in [0.2, 0.25) is 11.8 Å². The molecule has 0 saturated carbocycles. The maximum Gasteiger partial charge on any atom is 0.248 e. The molecule has 174 valence electrons. The second-order valence-corrected chi connectivity index (χ2v) is 9.63. The normalized spacial score (nSPS) is 11.8. The lowest BCUT2D eigenvalue weighted by molar-refractivity contribution is -0.116. The number of amides is 2. The van der Waals surface area contributed by atoms with Crippen molar-refractivity contribution in [3.8, 4) is 5.75 Å². The van der Waals surface area contributed by atoms with Crippen molar-refractivity contribution < 1.29 is 14.3 Å². The zero-order chi connectivity index (χ0) is 23.9. The summed E-state index contributed by atoms with van der Waals surface area (Å²) in [5, 5.41) is 2.84. The van der Waals surface area contributed by atoms with E-state index in [2.05, 4.69) is 65.1 Å². The lowest BCUT2D eigenvalue weighted by Crippen LogP contribution is -2.21. The maximum atomic E-state index is 12.2. The number of ether oxygens (including phenoxy) is 1. The van der Waals surface area contributed by atoms with E-state index in [-0.39, 0.29) is 16.7 Å². The summed E-state index contributed by atoms with van der Waals surface area (Å²) < 4.78 is 6.14. The van der Waals surface area contributed by atoms with Crippen LogP contribution in [0.3, 0.4) is 0 Å². The molecule has 2 aromatic carbocycles. The molecule has 0 aromatic heterocycles. The molecule has 0 heterocycles. The van der Waals surface area contributed by atoms with Gasteiger partial charge in [0, 0.05) is 23.2 Å². The van der Waals surface area contributed by atoms with Crippen molar-refractivity contribution in [3.63, 3.8) is 0 Å². The third kappa shape index (κ3) is 6.59. The van der Waals surface area contributed by atoms with Crippen molar-refractivity contribution in [2.45, 2.75) is 78.1 Å². The summed E-state index contributed by atoms with van der Waals surface area (Å²) >= 11 is 0. The maximum absolute atomic E-state index is 12.2. The van der Waals surface area contributed by atoms with Crippen molar-refractivity contribution in [2.75, 3.05) is 11.9 Å². The van der Waals surface area contributed by atoms with Crippen LogP contribution >= 0.6 is 0 Å². The van der Waals surface area contributed by atoms with Crippen molar-refractivity contribution in [1.29, 1.82) is 0 Å². The van der Waals surface area contributed by atoms with E-state index in [1.165, 1.54) is 11.1 Å². The number of nitrogens with two attached hydrogens (primary N) is 1. The number of primary amides is 1. The first-order chi connectivity index (χ1) is 15.0. The molecule has 0 aliphatic carbocycles. The van der Waals surface area contributed by atoms with Crippen molar-refractivity contribution >= 4 is 17.5 Å². The highest BCUT2D eigenvalue weighted by molar-refractivity contribution is 5.94. The number of benzene rings is 2. The Bertz CT molecular complexity index is 930. The summed E-state index contributed by atoms with van der Waals surface area (Å²) in [6.45, 7) is 13.9. The molecule has 0 saturated heterocycles. The van der Waals surface area contributed by atoms with Gasteiger partial charge < -0.3 is 15.8 Å². The zero-order valence-corrected chi connectivity index (χ0v) is 20.4. The minimum Gasteiger partial charge on any atom is -0.493 e. The SMILES string of the molecule is CCC(C)(C)c1ccc(OCCCC(=O)Nc2ccc(C(N)=O)cc2)c(C(C)(C)CC)c1. The van der Waals surface area contributed by atoms with E-state index in [1.807, 2.05) is 0 Å². The highest BCUT2D eigenvalue weighted by atomic mass is 16.5. The van der Waals surface area contributed by atoms with E-state index in [1.54, 1.807) is 24.3 Å². The minimum absolute atomic E-state index is 0.00359. The molecule has 0 atom stereocenters. The number of rotatable bonds is 11. The third-order valence-electron chi connectivity index (χ3n) is 6.52. The first kappa shape index (κ1) is 25.4. The molecule has 0 radical (unpaired) electrons. The lowest BCUT2D eigenvalue weighted by atomic mass is 9.76. The Morgan fingerprint density at radius 1 is 0.938 bits per heavy atom. The molecule has 5 heteroatoms. The molecule has 0 unspecified atom stereocenters. The largest absolute Gasteiger partial charge is 0.493 e. The van der Waals surface area contributed by atoms with Gasteiger partial charge in [0.05, 0.1) is 6.61 Å². The Kier molecular flexibility index (Phi) is 8.48. The number of nitrogens with one attached hydrogen (secondary N) is 1. The average Bonchev–Trinajstić information content (AvgIpc) is 2.77. The second kappa shape index (κ2) is 10.7. The summed E-state index contributed by atoms with van der Waals surface area (Å²) in [5.74, 6) is 0.321. The van der Waals surface area contributed by atoms with Gasteiger partial charge in [-0.25, -0.2) is 0 Å². The summed E-state index contributed by atoms with van der Waals surface area (Å²) in [7, 11) is 0. The minimum atomic E-state index is -0.489. The number of anilines is 1. The van der Waals surface area contributed by atoms with E-state index in [0.29, 0.717) is 30.7 Å². The standard InChI is InChI=1S/C27H38N2O3/c1-7-26(3,4)20-13-16-23(22(18-20)27(5,6)8-2)32-17-9-10-24(30)29-21-14-11-19(12-15-21)25(28)31/h11-16,18H,7-10,17H2,1-6H3,(H2,28,31)(H,29,30). The van der Waals surface area contributed by atoms with Gasteiger partial charge in [-0.05, 0) is 66.0 Å². The first-order valence-electron chi connectivity index (χ1n) is 11.5. The molecule has 2 aromatic rings. The van der Waals surface area contributed by atoms with Gasteiger partial charge >= 0.3 is 0 Å².